The van der Waals surface area contributed by atoms with Crippen molar-refractivity contribution in [1.82, 2.24) is 24.6 Å². The van der Waals surface area contributed by atoms with Crippen molar-refractivity contribution in [3.05, 3.63) is 85.9 Å². The zero-order valence-electron chi connectivity index (χ0n) is 16.4. The van der Waals surface area contributed by atoms with Gasteiger partial charge >= 0.3 is 0 Å². The third-order valence-electron chi connectivity index (χ3n) is 5.41. The Morgan fingerprint density at radius 3 is 2.80 bits per heavy atom. The standard InChI is InChI=1S/C22H20ClN5OS/c1-14-16(20(23)28(26-14)15-6-3-2-4-7-15)12-27-10-9-18-17(13-27)22(29)25-21(24-18)19-8-5-11-30-19/h2-8,11H,9-10,12-13H2,1H3,(H,24,25,29). The van der Waals surface area contributed by atoms with Crippen LogP contribution >= 0.6 is 22.9 Å². The van der Waals surface area contributed by atoms with Gasteiger partial charge < -0.3 is 4.98 Å². The molecule has 0 saturated carbocycles. The van der Waals surface area contributed by atoms with Gasteiger partial charge in [-0.2, -0.15) is 5.10 Å². The summed E-state index contributed by atoms with van der Waals surface area (Å²) in [5.74, 6) is 0.658. The molecule has 0 saturated heterocycles. The van der Waals surface area contributed by atoms with Gasteiger partial charge in [-0.15, -0.1) is 11.3 Å². The molecule has 1 aliphatic heterocycles. The van der Waals surface area contributed by atoms with Crippen molar-refractivity contribution in [2.45, 2.75) is 26.4 Å². The fourth-order valence-corrected chi connectivity index (χ4v) is 4.82. The third kappa shape index (κ3) is 3.49. The molecule has 0 spiro atoms. The minimum absolute atomic E-state index is 0.0594. The summed E-state index contributed by atoms with van der Waals surface area (Å²) in [7, 11) is 0. The Morgan fingerprint density at radius 1 is 1.20 bits per heavy atom. The first-order chi connectivity index (χ1) is 14.6. The number of H-pyrrole nitrogens is 1. The van der Waals surface area contributed by atoms with Crippen LogP contribution in [-0.2, 0) is 19.5 Å². The summed E-state index contributed by atoms with van der Waals surface area (Å²) < 4.78 is 1.77. The maximum absolute atomic E-state index is 12.7. The van der Waals surface area contributed by atoms with Gasteiger partial charge in [0, 0.05) is 31.6 Å². The van der Waals surface area contributed by atoms with Crippen molar-refractivity contribution >= 4 is 22.9 Å². The van der Waals surface area contributed by atoms with E-state index in [9.17, 15) is 4.79 Å². The Bertz CT molecular complexity index is 1250. The van der Waals surface area contributed by atoms with Crippen molar-refractivity contribution in [3.63, 3.8) is 0 Å². The van der Waals surface area contributed by atoms with Crippen LogP contribution in [0.25, 0.3) is 16.4 Å². The number of benzene rings is 1. The van der Waals surface area contributed by atoms with Gasteiger partial charge in [0.15, 0.2) is 5.82 Å². The van der Waals surface area contributed by atoms with Gasteiger partial charge in [-0.1, -0.05) is 35.9 Å². The summed E-state index contributed by atoms with van der Waals surface area (Å²) in [6, 6.07) is 13.8. The smallest absolute Gasteiger partial charge is 0.255 e. The Labute approximate surface area is 182 Å². The summed E-state index contributed by atoms with van der Waals surface area (Å²) in [5.41, 5.74) is 4.39. The monoisotopic (exact) mass is 437 g/mol. The number of thiophene rings is 1. The molecule has 1 aromatic carbocycles. The number of para-hydroxylation sites is 1. The third-order valence-corrected chi connectivity index (χ3v) is 6.67. The molecular formula is C22H20ClN5OS. The summed E-state index contributed by atoms with van der Waals surface area (Å²) in [5, 5.41) is 7.23. The van der Waals surface area contributed by atoms with Crippen LogP contribution < -0.4 is 5.56 Å². The van der Waals surface area contributed by atoms with E-state index in [4.69, 9.17) is 16.6 Å². The first kappa shape index (κ1) is 19.2. The van der Waals surface area contributed by atoms with E-state index in [1.54, 1.807) is 16.0 Å². The molecule has 0 unspecified atom stereocenters. The number of hydrogen-bond donors (Lipinski definition) is 1. The van der Waals surface area contributed by atoms with E-state index in [0.717, 1.165) is 46.0 Å². The predicted octanol–water partition coefficient (Wildman–Crippen LogP) is 4.20. The van der Waals surface area contributed by atoms with E-state index in [0.29, 0.717) is 24.1 Å². The van der Waals surface area contributed by atoms with Crippen LogP contribution in [0.15, 0.2) is 52.6 Å². The number of halogens is 1. The fourth-order valence-electron chi connectivity index (χ4n) is 3.82. The normalized spacial score (nSPS) is 14.1. The molecule has 1 aliphatic rings. The van der Waals surface area contributed by atoms with Crippen molar-refractivity contribution in [2.75, 3.05) is 6.54 Å². The summed E-state index contributed by atoms with van der Waals surface area (Å²) in [6.07, 6.45) is 0.737. The van der Waals surface area contributed by atoms with Gasteiger partial charge in [0.05, 0.1) is 27.5 Å². The average molecular weight is 438 g/mol. The second-order valence-corrected chi connectivity index (χ2v) is 8.69. The Balaban J connectivity index is 1.40. The molecule has 0 fully saturated rings. The molecule has 4 heterocycles. The summed E-state index contributed by atoms with van der Waals surface area (Å²) in [4.78, 5) is 23.6. The minimum Gasteiger partial charge on any atom is -0.306 e. The van der Waals surface area contributed by atoms with Gasteiger partial charge in [-0.3, -0.25) is 9.69 Å². The number of aromatic nitrogens is 4. The molecule has 30 heavy (non-hydrogen) atoms. The molecule has 152 valence electrons. The maximum atomic E-state index is 12.7. The van der Waals surface area contributed by atoms with Gasteiger partial charge in [-0.25, -0.2) is 9.67 Å². The number of fused-ring (bicyclic) bond motifs is 1. The molecule has 1 N–H and O–H groups in total. The van der Waals surface area contributed by atoms with Crippen molar-refractivity contribution < 1.29 is 0 Å². The van der Waals surface area contributed by atoms with Crippen molar-refractivity contribution in [3.8, 4) is 16.4 Å². The Morgan fingerprint density at radius 2 is 2.03 bits per heavy atom. The van der Waals surface area contributed by atoms with Gasteiger partial charge in [-0.05, 0) is 30.5 Å². The first-order valence-corrected chi connectivity index (χ1v) is 11.0. The summed E-state index contributed by atoms with van der Waals surface area (Å²) >= 11 is 8.26. The lowest BCUT2D eigenvalue weighted by atomic mass is 10.1. The highest BCUT2D eigenvalue weighted by molar-refractivity contribution is 7.13. The maximum Gasteiger partial charge on any atom is 0.255 e. The lowest BCUT2D eigenvalue weighted by Gasteiger charge is -2.27. The van der Waals surface area contributed by atoms with E-state index >= 15 is 0 Å². The van der Waals surface area contributed by atoms with Crippen molar-refractivity contribution in [2.24, 2.45) is 0 Å². The second-order valence-electron chi connectivity index (χ2n) is 7.38. The predicted molar refractivity (Wildman–Crippen MR) is 119 cm³/mol. The highest BCUT2D eigenvalue weighted by Crippen LogP contribution is 2.27. The number of hydrogen-bond acceptors (Lipinski definition) is 5. The highest BCUT2D eigenvalue weighted by Gasteiger charge is 2.24. The SMILES string of the molecule is Cc1nn(-c2ccccc2)c(Cl)c1CN1CCc2nc(-c3cccs3)[nH]c(=O)c2C1. The zero-order chi connectivity index (χ0) is 20.7. The quantitative estimate of drug-likeness (QED) is 0.519. The molecule has 0 atom stereocenters. The minimum atomic E-state index is -0.0594. The molecule has 3 aromatic heterocycles. The molecule has 0 aliphatic carbocycles. The Hall–Kier alpha value is -2.74. The summed E-state index contributed by atoms with van der Waals surface area (Å²) in [6.45, 7) is 3.98. The van der Waals surface area contributed by atoms with Gasteiger partial charge in [0.1, 0.15) is 5.15 Å². The Kier molecular flexibility index (Phi) is 5.02. The van der Waals surface area contributed by atoms with Crippen LogP contribution in [0, 0.1) is 6.92 Å². The van der Waals surface area contributed by atoms with Crippen LogP contribution in [0.1, 0.15) is 22.5 Å². The lowest BCUT2D eigenvalue weighted by Crippen LogP contribution is -2.35. The number of rotatable bonds is 4. The number of nitrogens with zero attached hydrogens (tertiary/aromatic N) is 4. The largest absolute Gasteiger partial charge is 0.306 e. The second kappa shape index (κ2) is 7.83. The van der Waals surface area contributed by atoms with E-state index in [2.05, 4.69) is 15.0 Å². The fraction of sp³-hybridized carbons (Fsp3) is 0.227. The van der Waals surface area contributed by atoms with Crippen molar-refractivity contribution in [1.29, 1.82) is 0 Å². The molecule has 0 radical (unpaired) electrons. The average Bonchev–Trinajstić information content (AvgIpc) is 3.39. The molecule has 6 nitrogen and oxygen atoms in total. The number of nitrogens with one attached hydrogen (secondary N) is 1. The topological polar surface area (TPSA) is 66.8 Å². The van der Waals surface area contributed by atoms with Gasteiger partial charge in [0.2, 0.25) is 0 Å². The van der Waals surface area contributed by atoms with Gasteiger partial charge in [0.25, 0.3) is 5.56 Å². The van der Waals surface area contributed by atoms with Crippen LogP contribution in [0.2, 0.25) is 5.15 Å². The molecule has 4 aromatic rings. The molecule has 8 heteroatoms. The molecular weight excluding hydrogens is 418 g/mol. The van der Waals surface area contributed by atoms with E-state index in [1.807, 2.05) is 54.8 Å². The first-order valence-electron chi connectivity index (χ1n) is 9.78. The highest BCUT2D eigenvalue weighted by atomic mass is 35.5. The molecule has 0 bridgehead atoms. The van der Waals surface area contributed by atoms with E-state index < -0.39 is 0 Å². The van der Waals surface area contributed by atoms with Crippen LogP contribution in [0.4, 0.5) is 0 Å². The van der Waals surface area contributed by atoms with E-state index in [1.165, 1.54) is 0 Å². The number of aryl methyl sites for hydroxylation is 1. The number of aromatic amines is 1. The van der Waals surface area contributed by atoms with Crippen LogP contribution in [-0.4, -0.2) is 31.2 Å². The van der Waals surface area contributed by atoms with E-state index in [-0.39, 0.29) is 5.56 Å². The van der Waals surface area contributed by atoms with Crippen LogP contribution in [0.3, 0.4) is 0 Å². The molecule has 5 rings (SSSR count). The molecule has 0 amide bonds. The lowest BCUT2D eigenvalue weighted by molar-refractivity contribution is 0.241. The van der Waals surface area contributed by atoms with Crippen LogP contribution in [0.5, 0.6) is 0 Å². The zero-order valence-corrected chi connectivity index (χ0v) is 18.0.